The molecule has 98 valence electrons. The van der Waals surface area contributed by atoms with E-state index in [1.165, 1.54) is 0 Å². The van der Waals surface area contributed by atoms with E-state index in [0.29, 0.717) is 6.61 Å². The largest absolute Gasteiger partial charge is 0.379 e. The van der Waals surface area contributed by atoms with E-state index < -0.39 is 0 Å². The molecule has 2 fully saturated rings. The molecule has 1 aliphatic carbocycles. The molecule has 0 aromatic rings. The fourth-order valence-corrected chi connectivity index (χ4v) is 2.95. The molecule has 4 nitrogen and oxygen atoms in total. The van der Waals surface area contributed by atoms with Gasteiger partial charge in [0.05, 0.1) is 18.6 Å². The van der Waals surface area contributed by atoms with Crippen molar-refractivity contribution in [3.63, 3.8) is 0 Å². The van der Waals surface area contributed by atoms with Crippen LogP contribution in [0, 0.1) is 5.92 Å². The summed E-state index contributed by atoms with van der Waals surface area (Å²) in [7, 11) is 0. The lowest BCUT2D eigenvalue weighted by molar-refractivity contribution is -0.129. The number of hydrogen-bond donors (Lipinski definition) is 2. The van der Waals surface area contributed by atoms with E-state index in [1.807, 2.05) is 6.92 Å². The summed E-state index contributed by atoms with van der Waals surface area (Å²) in [5.74, 6) is 0.100. The van der Waals surface area contributed by atoms with Crippen molar-refractivity contribution < 1.29 is 9.53 Å². The van der Waals surface area contributed by atoms with Crippen LogP contribution >= 0.6 is 0 Å². The number of rotatable bonds is 2. The van der Waals surface area contributed by atoms with Gasteiger partial charge in [0.2, 0.25) is 5.91 Å². The van der Waals surface area contributed by atoms with E-state index in [9.17, 15) is 4.79 Å². The van der Waals surface area contributed by atoms with E-state index >= 15 is 0 Å². The van der Waals surface area contributed by atoms with Crippen molar-refractivity contribution in [2.45, 2.75) is 57.0 Å². The molecule has 0 aromatic carbocycles. The quantitative estimate of drug-likeness (QED) is 0.762. The van der Waals surface area contributed by atoms with E-state index in [0.717, 1.165) is 45.1 Å². The SMILES string of the molecule is CC1(N)CCCCC1C(=O)NC1CCCOC1. The molecule has 3 atom stereocenters. The molecule has 1 heterocycles. The third-order valence-corrected chi connectivity index (χ3v) is 4.08. The van der Waals surface area contributed by atoms with Gasteiger partial charge in [-0.15, -0.1) is 0 Å². The molecule has 0 radical (unpaired) electrons. The number of carbonyl (C=O) groups is 1. The number of carbonyl (C=O) groups excluding carboxylic acids is 1. The first-order valence-electron chi connectivity index (χ1n) is 6.76. The summed E-state index contributed by atoms with van der Waals surface area (Å²) >= 11 is 0. The van der Waals surface area contributed by atoms with Gasteiger partial charge < -0.3 is 15.8 Å². The van der Waals surface area contributed by atoms with Crippen molar-refractivity contribution >= 4 is 5.91 Å². The molecular weight excluding hydrogens is 216 g/mol. The Hall–Kier alpha value is -0.610. The Kier molecular flexibility index (Phi) is 4.05. The maximum atomic E-state index is 12.2. The van der Waals surface area contributed by atoms with Gasteiger partial charge in [0.15, 0.2) is 0 Å². The third kappa shape index (κ3) is 3.19. The molecule has 3 N–H and O–H groups in total. The minimum absolute atomic E-state index is 0.0295. The predicted molar refractivity (Wildman–Crippen MR) is 66.5 cm³/mol. The van der Waals surface area contributed by atoms with Crippen molar-refractivity contribution in [3.05, 3.63) is 0 Å². The number of nitrogens with one attached hydrogen (secondary N) is 1. The summed E-state index contributed by atoms with van der Waals surface area (Å²) in [6.07, 6.45) is 6.20. The van der Waals surface area contributed by atoms with Crippen LogP contribution in [0.4, 0.5) is 0 Å². The monoisotopic (exact) mass is 240 g/mol. The number of amides is 1. The predicted octanol–water partition coefficient (Wildman–Crippen LogP) is 1.19. The van der Waals surface area contributed by atoms with Gasteiger partial charge in [-0.3, -0.25) is 4.79 Å². The first-order valence-corrected chi connectivity index (χ1v) is 6.76. The molecule has 0 aromatic heterocycles. The van der Waals surface area contributed by atoms with Crippen molar-refractivity contribution in [2.24, 2.45) is 11.7 Å². The lowest BCUT2D eigenvalue weighted by Crippen LogP contribution is -2.55. The summed E-state index contributed by atoms with van der Waals surface area (Å²) < 4.78 is 5.38. The van der Waals surface area contributed by atoms with Crippen LogP contribution in [-0.2, 0) is 9.53 Å². The van der Waals surface area contributed by atoms with Gasteiger partial charge in [0.1, 0.15) is 0 Å². The van der Waals surface area contributed by atoms with Crippen LogP contribution in [0.25, 0.3) is 0 Å². The second-order valence-corrected chi connectivity index (χ2v) is 5.73. The molecule has 1 saturated heterocycles. The number of nitrogens with two attached hydrogens (primary N) is 1. The van der Waals surface area contributed by atoms with Crippen molar-refractivity contribution in [3.8, 4) is 0 Å². The zero-order chi connectivity index (χ0) is 12.3. The van der Waals surface area contributed by atoms with Gasteiger partial charge in [0.25, 0.3) is 0 Å². The topological polar surface area (TPSA) is 64.4 Å². The summed E-state index contributed by atoms with van der Waals surface area (Å²) in [6, 6.07) is 0.189. The van der Waals surface area contributed by atoms with Gasteiger partial charge in [-0.2, -0.15) is 0 Å². The molecule has 0 bridgehead atoms. The highest BCUT2D eigenvalue weighted by atomic mass is 16.5. The third-order valence-electron chi connectivity index (χ3n) is 4.08. The highest BCUT2D eigenvalue weighted by molar-refractivity contribution is 5.80. The van der Waals surface area contributed by atoms with Crippen molar-refractivity contribution in [1.82, 2.24) is 5.32 Å². The Morgan fingerprint density at radius 3 is 2.82 bits per heavy atom. The molecule has 4 heteroatoms. The summed E-state index contributed by atoms with van der Waals surface area (Å²) in [6.45, 7) is 3.48. The standard InChI is InChI=1S/C13H24N2O2/c1-13(14)7-3-2-6-11(13)12(16)15-10-5-4-8-17-9-10/h10-11H,2-9,14H2,1H3,(H,15,16). The summed E-state index contributed by atoms with van der Waals surface area (Å²) in [5, 5.41) is 3.10. The fraction of sp³-hybridized carbons (Fsp3) is 0.923. The molecule has 17 heavy (non-hydrogen) atoms. The number of hydrogen-bond acceptors (Lipinski definition) is 3. The van der Waals surface area contributed by atoms with Crippen LogP contribution < -0.4 is 11.1 Å². The van der Waals surface area contributed by atoms with Crippen LogP contribution in [-0.4, -0.2) is 30.7 Å². The van der Waals surface area contributed by atoms with E-state index in [1.54, 1.807) is 0 Å². The smallest absolute Gasteiger partial charge is 0.225 e. The molecular formula is C13H24N2O2. The highest BCUT2D eigenvalue weighted by Gasteiger charge is 2.38. The van der Waals surface area contributed by atoms with Crippen LogP contribution in [0.5, 0.6) is 0 Å². The van der Waals surface area contributed by atoms with Gasteiger partial charge in [-0.25, -0.2) is 0 Å². The van der Waals surface area contributed by atoms with Crippen molar-refractivity contribution in [2.75, 3.05) is 13.2 Å². The normalized spacial score (nSPS) is 38.7. The lowest BCUT2D eigenvalue weighted by atomic mass is 9.74. The molecule has 2 aliphatic rings. The second kappa shape index (κ2) is 5.36. The van der Waals surface area contributed by atoms with Crippen LogP contribution in [0.15, 0.2) is 0 Å². The molecule has 0 spiro atoms. The average molecular weight is 240 g/mol. The summed E-state index contributed by atoms with van der Waals surface area (Å²) in [4.78, 5) is 12.2. The minimum Gasteiger partial charge on any atom is -0.379 e. The maximum absolute atomic E-state index is 12.2. The van der Waals surface area contributed by atoms with Crippen LogP contribution in [0.2, 0.25) is 0 Å². The molecule has 3 unspecified atom stereocenters. The first kappa shape index (κ1) is 12.8. The minimum atomic E-state index is -0.335. The molecule has 1 aliphatic heterocycles. The maximum Gasteiger partial charge on any atom is 0.225 e. The van der Waals surface area contributed by atoms with Gasteiger partial charge in [-0.05, 0) is 32.6 Å². The van der Waals surface area contributed by atoms with Gasteiger partial charge >= 0.3 is 0 Å². The fourth-order valence-electron chi connectivity index (χ4n) is 2.95. The Morgan fingerprint density at radius 2 is 2.18 bits per heavy atom. The lowest BCUT2D eigenvalue weighted by Gasteiger charge is -2.38. The zero-order valence-electron chi connectivity index (χ0n) is 10.7. The molecule has 2 rings (SSSR count). The Labute approximate surface area is 103 Å². The second-order valence-electron chi connectivity index (χ2n) is 5.73. The van der Waals surface area contributed by atoms with E-state index in [2.05, 4.69) is 5.32 Å². The van der Waals surface area contributed by atoms with Gasteiger partial charge in [-0.1, -0.05) is 12.8 Å². The van der Waals surface area contributed by atoms with E-state index in [-0.39, 0.29) is 23.4 Å². The highest BCUT2D eigenvalue weighted by Crippen LogP contribution is 2.31. The Balaban J connectivity index is 1.89. The van der Waals surface area contributed by atoms with Crippen molar-refractivity contribution in [1.29, 1.82) is 0 Å². The summed E-state index contributed by atoms with van der Waals surface area (Å²) in [5.41, 5.74) is 5.90. The molecule has 1 saturated carbocycles. The molecule has 1 amide bonds. The van der Waals surface area contributed by atoms with Gasteiger partial charge in [0, 0.05) is 12.1 Å². The van der Waals surface area contributed by atoms with E-state index in [4.69, 9.17) is 10.5 Å². The van der Waals surface area contributed by atoms with Crippen LogP contribution in [0.1, 0.15) is 45.4 Å². The first-order chi connectivity index (χ1) is 8.09. The zero-order valence-corrected chi connectivity index (χ0v) is 10.7. The average Bonchev–Trinajstić information content (AvgIpc) is 2.29. The van der Waals surface area contributed by atoms with Crippen LogP contribution in [0.3, 0.4) is 0 Å². The Morgan fingerprint density at radius 1 is 1.35 bits per heavy atom. The number of ether oxygens (including phenoxy) is 1. The Bertz CT molecular complexity index is 273.